The van der Waals surface area contributed by atoms with Gasteiger partial charge in [-0.05, 0) is 29.8 Å². The van der Waals surface area contributed by atoms with Crippen molar-refractivity contribution >= 4 is 11.8 Å². The van der Waals surface area contributed by atoms with Gasteiger partial charge in [0.05, 0.1) is 0 Å². The van der Waals surface area contributed by atoms with Crippen molar-refractivity contribution in [3.63, 3.8) is 0 Å². The highest BCUT2D eigenvalue weighted by Gasteiger charge is 2.00. The van der Waals surface area contributed by atoms with Gasteiger partial charge in [0.1, 0.15) is 11.6 Å². The number of nitrogens with one attached hydrogen (secondary N) is 1. The second-order valence-corrected chi connectivity index (χ2v) is 3.43. The average Bonchev–Trinajstić information content (AvgIpc) is 2.30. The first-order valence-electron chi connectivity index (χ1n) is 4.93. The summed E-state index contributed by atoms with van der Waals surface area (Å²) in [6.45, 7) is 0. The van der Waals surface area contributed by atoms with Gasteiger partial charge in [0, 0.05) is 11.8 Å². The van der Waals surface area contributed by atoms with Crippen molar-refractivity contribution in [2.45, 2.75) is 0 Å². The zero-order chi connectivity index (χ0) is 12.3. The third-order valence-electron chi connectivity index (χ3n) is 2.19. The molecule has 0 unspecified atom stereocenters. The van der Waals surface area contributed by atoms with E-state index in [1.807, 2.05) is 0 Å². The summed E-state index contributed by atoms with van der Waals surface area (Å²) in [6, 6.07) is 8.82. The quantitative estimate of drug-likeness (QED) is 0.833. The van der Waals surface area contributed by atoms with E-state index in [9.17, 15) is 9.18 Å². The molecule has 0 atom stereocenters. The number of benzene rings is 1. The Kier molecular flexibility index (Phi) is 3.00. The minimum Gasteiger partial charge on any atom is -0.351 e. The van der Waals surface area contributed by atoms with E-state index in [-0.39, 0.29) is 5.82 Å². The highest BCUT2D eigenvalue weighted by molar-refractivity contribution is 5.86. The van der Waals surface area contributed by atoms with E-state index >= 15 is 0 Å². The molecule has 2 rings (SSSR count). The van der Waals surface area contributed by atoms with Crippen LogP contribution in [0.1, 0.15) is 0 Å². The molecule has 3 N–H and O–H groups in total. The van der Waals surface area contributed by atoms with Gasteiger partial charge in [0.25, 0.3) is 0 Å². The number of hydrogen-bond donors (Lipinski definition) is 2. The van der Waals surface area contributed by atoms with E-state index in [4.69, 9.17) is 5.73 Å². The van der Waals surface area contributed by atoms with Crippen molar-refractivity contribution in [1.82, 2.24) is 4.98 Å². The van der Waals surface area contributed by atoms with Gasteiger partial charge in [-0.3, -0.25) is 5.32 Å². The molecule has 0 spiro atoms. The van der Waals surface area contributed by atoms with E-state index in [0.717, 1.165) is 11.1 Å². The normalized spacial score (nSPS) is 9.94. The Balaban J connectivity index is 2.23. The van der Waals surface area contributed by atoms with Crippen molar-refractivity contribution in [3.8, 4) is 11.1 Å². The third-order valence-corrected chi connectivity index (χ3v) is 2.19. The number of nitrogens with zero attached hydrogens (tertiary/aromatic N) is 1. The second kappa shape index (κ2) is 4.61. The first-order chi connectivity index (χ1) is 8.15. The van der Waals surface area contributed by atoms with Gasteiger partial charge in [-0.25, -0.2) is 14.2 Å². The number of nitrogens with two attached hydrogens (primary N) is 1. The first-order valence-corrected chi connectivity index (χ1v) is 4.93. The van der Waals surface area contributed by atoms with Gasteiger partial charge < -0.3 is 5.73 Å². The molecule has 2 amide bonds. The molecular formula is C12H10FN3O. The summed E-state index contributed by atoms with van der Waals surface area (Å²) >= 11 is 0. The number of anilines is 1. The lowest BCUT2D eigenvalue weighted by Crippen LogP contribution is -2.19. The number of hydrogen-bond acceptors (Lipinski definition) is 2. The number of carbonyl (C=O) groups excluding carboxylic acids is 1. The lowest BCUT2D eigenvalue weighted by molar-refractivity contribution is 0.259. The Bertz CT molecular complexity index is 522. The summed E-state index contributed by atoms with van der Waals surface area (Å²) in [5.41, 5.74) is 6.64. The highest BCUT2D eigenvalue weighted by atomic mass is 19.1. The summed E-state index contributed by atoms with van der Waals surface area (Å²) in [5, 5.41) is 2.36. The van der Waals surface area contributed by atoms with Gasteiger partial charge in [-0.1, -0.05) is 12.1 Å². The van der Waals surface area contributed by atoms with Crippen LogP contribution < -0.4 is 11.1 Å². The third kappa shape index (κ3) is 2.78. The van der Waals surface area contributed by atoms with E-state index in [0.29, 0.717) is 5.82 Å². The smallest absolute Gasteiger partial charge is 0.317 e. The molecule has 0 saturated heterocycles. The van der Waals surface area contributed by atoms with E-state index < -0.39 is 6.03 Å². The van der Waals surface area contributed by atoms with E-state index in [1.54, 1.807) is 30.5 Å². The maximum absolute atomic E-state index is 12.7. The molecule has 1 heterocycles. The molecule has 86 valence electrons. The fourth-order valence-corrected chi connectivity index (χ4v) is 1.41. The molecule has 5 heteroatoms. The molecule has 1 aromatic carbocycles. The number of carbonyl (C=O) groups is 1. The SMILES string of the molecule is NC(=O)Nc1ccc(-c2ccc(F)cc2)cn1. The predicted molar refractivity (Wildman–Crippen MR) is 62.8 cm³/mol. The van der Waals surface area contributed by atoms with E-state index in [2.05, 4.69) is 10.3 Å². The molecule has 0 bridgehead atoms. The fourth-order valence-electron chi connectivity index (χ4n) is 1.41. The number of urea groups is 1. The van der Waals surface area contributed by atoms with Crippen molar-refractivity contribution in [1.29, 1.82) is 0 Å². The standard InChI is InChI=1S/C12H10FN3O/c13-10-4-1-8(2-5-10)9-3-6-11(15-7-9)16-12(14)17/h1-7H,(H3,14,15,16,17). The molecule has 0 radical (unpaired) electrons. The van der Waals surface area contributed by atoms with Crippen LogP contribution in [0, 0.1) is 5.82 Å². The average molecular weight is 231 g/mol. The number of pyridine rings is 1. The number of primary amides is 1. The van der Waals surface area contributed by atoms with Gasteiger partial charge >= 0.3 is 6.03 Å². The maximum Gasteiger partial charge on any atom is 0.317 e. The minimum absolute atomic E-state index is 0.284. The number of rotatable bonds is 2. The fraction of sp³-hybridized carbons (Fsp3) is 0. The Labute approximate surface area is 97.3 Å². The summed E-state index contributed by atoms with van der Waals surface area (Å²) < 4.78 is 12.7. The van der Waals surface area contributed by atoms with Crippen molar-refractivity contribution in [2.75, 3.05) is 5.32 Å². The molecule has 0 aliphatic carbocycles. The van der Waals surface area contributed by atoms with E-state index in [1.165, 1.54) is 12.1 Å². The molecular weight excluding hydrogens is 221 g/mol. The van der Waals surface area contributed by atoms with Crippen molar-refractivity contribution in [2.24, 2.45) is 5.73 Å². The van der Waals surface area contributed by atoms with Gasteiger partial charge in [0.15, 0.2) is 0 Å². The molecule has 17 heavy (non-hydrogen) atoms. The number of aromatic nitrogens is 1. The molecule has 0 aliphatic heterocycles. The Hall–Kier alpha value is -2.43. The summed E-state index contributed by atoms with van der Waals surface area (Å²) in [5.74, 6) is 0.0945. The Morgan fingerprint density at radius 1 is 1.12 bits per heavy atom. The van der Waals surface area contributed by atoms with Crippen LogP contribution in [0.2, 0.25) is 0 Å². The van der Waals surface area contributed by atoms with Crippen LogP contribution in [0.25, 0.3) is 11.1 Å². The molecule has 4 nitrogen and oxygen atoms in total. The minimum atomic E-state index is -0.660. The van der Waals surface area contributed by atoms with Crippen LogP contribution in [-0.4, -0.2) is 11.0 Å². The van der Waals surface area contributed by atoms with Crippen molar-refractivity contribution in [3.05, 3.63) is 48.4 Å². The van der Waals surface area contributed by atoms with Crippen LogP contribution in [0.4, 0.5) is 15.0 Å². The summed E-state index contributed by atoms with van der Waals surface area (Å²) in [4.78, 5) is 14.6. The maximum atomic E-state index is 12.7. The van der Waals surface area contributed by atoms with Gasteiger partial charge in [0.2, 0.25) is 0 Å². The predicted octanol–water partition coefficient (Wildman–Crippen LogP) is 2.38. The van der Waals surface area contributed by atoms with Gasteiger partial charge in [-0.2, -0.15) is 0 Å². The monoisotopic (exact) mass is 231 g/mol. The highest BCUT2D eigenvalue weighted by Crippen LogP contribution is 2.19. The molecule has 0 saturated carbocycles. The zero-order valence-corrected chi connectivity index (χ0v) is 8.85. The summed E-state index contributed by atoms with van der Waals surface area (Å²) in [7, 11) is 0. The van der Waals surface area contributed by atoms with Crippen LogP contribution in [-0.2, 0) is 0 Å². The summed E-state index contributed by atoms with van der Waals surface area (Å²) in [6.07, 6.45) is 1.58. The number of amides is 2. The first kappa shape index (κ1) is 11.1. The number of halogens is 1. The lowest BCUT2D eigenvalue weighted by atomic mass is 10.1. The van der Waals surface area contributed by atoms with Crippen LogP contribution in [0.5, 0.6) is 0 Å². The largest absolute Gasteiger partial charge is 0.351 e. The zero-order valence-electron chi connectivity index (χ0n) is 8.85. The second-order valence-electron chi connectivity index (χ2n) is 3.43. The Morgan fingerprint density at radius 2 is 1.76 bits per heavy atom. The Morgan fingerprint density at radius 3 is 2.29 bits per heavy atom. The topological polar surface area (TPSA) is 68.0 Å². The molecule has 1 aromatic heterocycles. The van der Waals surface area contributed by atoms with Gasteiger partial charge in [-0.15, -0.1) is 0 Å². The molecule has 0 aliphatic rings. The van der Waals surface area contributed by atoms with Crippen molar-refractivity contribution < 1.29 is 9.18 Å². The van der Waals surface area contributed by atoms with Crippen LogP contribution in [0.15, 0.2) is 42.6 Å². The van der Waals surface area contributed by atoms with Crippen LogP contribution >= 0.6 is 0 Å². The van der Waals surface area contributed by atoms with Crippen LogP contribution in [0.3, 0.4) is 0 Å². The molecule has 0 fully saturated rings. The lowest BCUT2D eigenvalue weighted by Gasteiger charge is -2.03. The molecule has 2 aromatic rings.